The van der Waals surface area contributed by atoms with Gasteiger partial charge in [-0.05, 0) is 31.8 Å². The van der Waals surface area contributed by atoms with E-state index in [9.17, 15) is 0 Å². The Labute approximate surface area is 81.8 Å². The van der Waals surface area contributed by atoms with E-state index in [-0.39, 0.29) is 0 Å². The van der Waals surface area contributed by atoms with Crippen LogP contribution in [0.4, 0.5) is 0 Å². The summed E-state index contributed by atoms with van der Waals surface area (Å²) < 4.78 is 0. The fourth-order valence-electron chi connectivity index (χ4n) is 1.28. The average molecular weight is 177 g/mol. The monoisotopic (exact) mass is 177 g/mol. The standard InChI is InChI=1S/C10H13N.C2H6/c1-2-9-4-3-5-10(8-11)7-6-9;1-2/h6-7H,2-5H2,1H3;1-2H3. The van der Waals surface area contributed by atoms with Crippen LogP contribution in [0.2, 0.25) is 0 Å². The molecule has 0 spiro atoms. The smallest absolute Gasteiger partial charge is 0.0947 e. The lowest BCUT2D eigenvalue weighted by Gasteiger charge is -1.97. The SMILES string of the molecule is CC.CCC1=CC=C(C#N)CCC1. The van der Waals surface area contributed by atoms with Crippen LogP contribution in [0.5, 0.6) is 0 Å². The third kappa shape index (κ3) is 4.52. The lowest BCUT2D eigenvalue weighted by molar-refractivity contribution is 0.800. The Morgan fingerprint density at radius 3 is 2.54 bits per heavy atom. The molecule has 1 aliphatic rings. The topological polar surface area (TPSA) is 23.8 Å². The molecular weight excluding hydrogens is 158 g/mol. The summed E-state index contributed by atoms with van der Waals surface area (Å²) in [6, 6.07) is 2.21. The van der Waals surface area contributed by atoms with Crippen molar-refractivity contribution >= 4 is 0 Å². The van der Waals surface area contributed by atoms with Crippen molar-refractivity contribution in [3.05, 3.63) is 23.3 Å². The molecule has 0 bridgehead atoms. The van der Waals surface area contributed by atoms with Gasteiger partial charge in [0.2, 0.25) is 0 Å². The maximum atomic E-state index is 8.63. The summed E-state index contributed by atoms with van der Waals surface area (Å²) in [5.74, 6) is 0. The van der Waals surface area contributed by atoms with Gasteiger partial charge in [0.05, 0.1) is 6.07 Å². The molecule has 13 heavy (non-hydrogen) atoms. The summed E-state index contributed by atoms with van der Waals surface area (Å²) in [7, 11) is 0. The van der Waals surface area contributed by atoms with Gasteiger partial charge in [0, 0.05) is 5.57 Å². The van der Waals surface area contributed by atoms with Gasteiger partial charge in [-0.3, -0.25) is 0 Å². The van der Waals surface area contributed by atoms with Crippen LogP contribution in [0.3, 0.4) is 0 Å². The van der Waals surface area contributed by atoms with Crippen LogP contribution in [0.25, 0.3) is 0 Å². The van der Waals surface area contributed by atoms with Gasteiger partial charge >= 0.3 is 0 Å². The highest BCUT2D eigenvalue weighted by Crippen LogP contribution is 2.18. The first-order valence-electron chi connectivity index (χ1n) is 5.15. The molecule has 1 aliphatic carbocycles. The van der Waals surface area contributed by atoms with Crippen molar-refractivity contribution in [1.29, 1.82) is 5.26 Å². The molecule has 0 aromatic carbocycles. The van der Waals surface area contributed by atoms with Crippen molar-refractivity contribution in [3.63, 3.8) is 0 Å². The number of hydrogen-bond donors (Lipinski definition) is 0. The molecule has 0 radical (unpaired) electrons. The van der Waals surface area contributed by atoms with Gasteiger partial charge in [0.15, 0.2) is 0 Å². The molecule has 1 heteroatoms. The minimum Gasteiger partial charge on any atom is -0.193 e. The Morgan fingerprint density at radius 1 is 1.31 bits per heavy atom. The van der Waals surface area contributed by atoms with Gasteiger partial charge in [-0.25, -0.2) is 0 Å². The van der Waals surface area contributed by atoms with E-state index < -0.39 is 0 Å². The third-order valence-electron chi connectivity index (χ3n) is 2.06. The number of hydrogen-bond acceptors (Lipinski definition) is 1. The molecule has 1 nitrogen and oxygen atoms in total. The van der Waals surface area contributed by atoms with Gasteiger partial charge in [0.1, 0.15) is 0 Å². The normalized spacial score (nSPS) is 15.5. The van der Waals surface area contributed by atoms with Crippen molar-refractivity contribution in [2.75, 3.05) is 0 Å². The second-order valence-electron chi connectivity index (χ2n) is 2.84. The highest BCUT2D eigenvalue weighted by molar-refractivity contribution is 5.29. The fraction of sp³-hybridized carbons (Fsp3) is 0.583. The van der Waals surface area contributed by atoms with Crippen LogP contribution in [-0.2, 0) is 0 Å². The first kappa shape index (κ1) is 12.0. The predicted octanol–water partition coefficient (Wildman–Crippen LogP) is 3.98. The lowest BCUT2D eigenvalue weighted by Crippen LogP contribution is -1.79. The van der Waals surface area contributed by atoms with Crippen LogP contribution in [0.15, 0.2) is 23.3 Å². The number of nitriles is 1. The molecule has 0 unspecified atom stereocenters. The lowest BCUT2D eigenvalue weighted by atomic mass is 10.1. The molecule has 0 aliphatic heterocycles. The van der Waals surface area contributed by atoms with Crippen molar-refractivity contribution in [2.24, 2.45) is 0 Å². The maximum absolute atomic E-state index is 8.63. The molecule has 0 saturated carbocycles. The van der Waals surface area contributed by atoms with Gasteiger partial charge in [-0.2, -0.15) is 5.26 Å². The van der Waals surface area contributed by atoms with Crippen LogP contribution in [-0.4, -0.2) is 0 Å². The Balaban J connectivity index is 0.000000671. The largest absolute Gasteiger partial charge is 0.193 e. The molecule has 0 saturated heterocycles. The minimum atomic E-state index is 0.924. The summed E-state index contributed by atoms with van der Waals surface area (Å²) in [4.78, 5) is 0. The second kappa shape index (κ2) is 7.61. The quantitative estimate of drug-likeness (QED) is 0.594. The highest BCUT2D eigenvalue weighted by Gasteiger charge is 2.01. The molecular formula is C12H19N. The second-order valence-corrected chi connectivity index (χ2v) is 2.84. The van der Waals surface area contributed by atoms with Gasteiger partial charge in [-0.1, -0.05) is 32.4 Å². The average Bonchev–Trinajstić information content (AvgIpc) is 2.45. The van der Waals surface area contributed by atoms with Crippen LogP contribution in [0, 0.1) is 11.3 Å². The van der Waals surface area contributed by atoms with Crippen molar-refractivity contribution in [2.45, 2.75) is 46.5 Å². The number of allylic oxidation sites excluding steroid dienone is 4. The molecule has 0 N–H and O–H groups in total. The van der Waals surface area contributed by atoms with E-state index in [1.165, 1.54) is 5.57 Å². The Hall–Kier alpha value is -1.03. The Morgan fingerprint density at radius 2 is 2.00 bits per heavy atom. The molecule has 1 rings (SSSR count). The zero-order valence-corrected chi connectivity index (χ0v) is 8.93. The molecule has 0 aromatic rings. The van der Waals surface area contributed by atoms with E-state index in [0.29, 0.717) is 0 Å². The molecule has 0 aromatic heterocycles. The molecule has 0 fully saturated rings. The third-order valence-corrected chi connectivity index (χ3v) is 2.06. The minimum absolute atomic E-state index is 0.924. The summed E-state index contributed by atoms with van der Waals surface area (Å²) in [6.45, 7) is 6.16. The predicted molar refractivity (Wildman–Crippen MR) is 57.3 cm³/mol. The van der Waals surface area contributed by atoms with Gasteiger partial charge in [-0.15, -0.1) is 0 Å². The van der Waals surface area contributed by atoms with Crippen LogP contribution < -0.4 is 0 Å². The molecule has 0 heterocycles. The maximum Gasteiger partial charge on any atom is 0.0947 e. The summed E-state index contributed by atoms with van der Waals surface area (Å²) in [5.41, 5.74) is 2.39. The molecule has 72 valence electrons. The first-order valence-corrected chi connectivity index (χ1v) is 5.15. The Bertz CT molecular complexity index is 228. The molecule has 0 atom stereocenters. The summed E-state index contributed by atoms with van der Waals surface area (Å²) in [6.07, 6.45) is 8.44. The van der Waals surface area contributed by atoms with Crippen molar-refractivity contribution < 1.29 is 0 Å². The van der Waals surface area contributed by atoms with E-state index in [2.05, 4.69) is 19.1 Å². The van der Waals surface area contributed by atoms with E-state index in [0.717, 1.165) is 31.3 Å². The summed E-state index contributed by atoms with van der Waals surface area (Å²) in [5, 5.41) is 8.63. The highest BCUT2D eigenvalue weighted by atomic mass is 14.2. The first-order chi connectivity index (χ1) is 6.36. The van der Waals surface area contributed by atoms with E-state index in [1.807, 2.05) is 19.9 Å². The zero-order chi connectivity index (χ0) is 10.1. The number of rotatable bonds is 1. The van der Waals surface area contributed by atoms with E-state index >= 15 is 0 Å². The molecule has 0 amide bonds. The number of nitrogens with zero attached hydrogens (tertiary/aromatic N) is 1. The Kier molecular flexibility index (Phi) is 7.01. The summed E-state index contributed by atoms with van der Waals surface area (Å²) >= 11 is 0. The van der Waals surface area contributed by atoms with E-state index in [1.54, 1.807) is 0 Å². The van der Waals surface area contributed by atoms with Crippen LogP contribution in [0.1, 0.15) is 46.5 Å². The fourth-order valence-corrected chi connectivity index (χ4v) is 1.28. The van der Waals surface area contributed by atoms with E-state index in [4.69, 9.17) is 5.26 Å². The zero-order valence-electron chi connectivity index (χ0n) is 8.93. The van der Waals surface area contributed by atoms with Crippen molar-refractivity contribution in [1.82, 2.24) is 0 Å². The van der Waals surface area contributed by atoms with Crippen molar-refractivity contribution in [3.8, 4) is 6.07 Å². The van der Waals surface area contributed by atoms with Gasteiger partial charge in [0.25, 0.3) is 0 Å². The van der Waals surface area contributed by atoms with Crippen LogP contribution >= 0.6 is 0 Å². The van der Waals surface area contributed by atoms with Gasteiger partial charge < -0.3 is 0 Å².